The van der Waals surface area contributed by atoms with Gasteiger partial charge >= 0.3 is 5.97 Å². The largest absolute Gasteiger partial charge is 0.469 e. The Kier molecular flexibility index (Phi) is 6.15. The van der Waals surface area contributed by atoms with Crippen LogP contribution < -0.4 is 4.72 Å². The first-order valence-electron chi connectivity index (χ1n) is 7.08. The molecule has 0 aromatic rings. The smallest absolute Gasteiger partial charge is 0.310 e. The molecule has 122 valence electrons. The molecule has 8 heteroatoms. The third-order valence-corrected chi connectivity index (χ3v) is 5.96. The maximum atomic E-state index is 12.4. The lowest BCUT2D eigenvalue weighted by Gasteiger charge is -2.24. The molecular weight excluding hydrogens is 296 g/mol. The first-order chi connectivity index (χ1) is 9.74. The predicted molar refractivity (Wildman–Crippen MR) is 78.0 cm³/mol. The Hall–Kier alpha value is -1.15. The van der Waals surface area contributed by atoms with Gasteiger partial charge < -0.3 is 9.64 Å². The summed E-state index contributed by atoms with van der Waals surface area (Å²) in [6, 6.07) is -0.848. The van der Waals surface area contributed by atoms with E-state index in [9.17, 15) is 18.0 Å². The zero-order valence-corrected chi connectivity index (χ0v) is 13.8. The number of rotatable bonds is 6. The van der Waals surface area contributed by atoms with E-state index >= 15 is 0 Å². The van der Waals surface area contributed by atoms with Gasteiger partial charge in [-0.15, -0.1) is 0 Å². The van der Waals surface area contributed by atoms with Gasteiger partial charge in [0.15, 0.2) is 0 Å². The zero-order chi connectivity index (χ0) is 16.2. The van der Waals surface area contributed by atoms with Crippen LogP contribution in [0.3, 0.4) is 0 Å². The number of hydrogen-bond acceptors (Lipinski definition) is 5. The second kappa shape index (κ2) is 7.22. The van der Waals surface area contributed by atoms with Crippen LogP contribution in [0.2, 0.25) is 0 Å². The first-order valence-corrected chi connectivity index (χ1v) is 8.63. The summed E-state index contributed by atoms with van der Waals surface area (Å²) in [6.07, 6.45) is 1.55. The van der Waals surface area contributed by atoms with Gasteiger partial charge in [0, 0.05) is 13.6 Å². The molecule has 1 amide bonds. The van der Waals surface area contributed by atoms with Crippen LogP contribution in [-0.2, 0) is 24.3 Å². The molecule has 0 aromatic heterocycles. The number of likely N-dealkylation sites (N-methyl/N-ethyl adjacent to an activating group) is 1. The summed E-state index contributed by atoms with van der Waals surface area (Å²) >= 11 is 0. The molecule has 0 radical (unpaired) electrons. The molecule has 3 atom stereocenters. The third kappa shape index (κ3) is 4.16. The highest BCUT2D eigenvalue weighted by molar-refractivity contribution is 7.90. The van der Waals surface area contributed by atoms with Crippen molar-refractivity contribution in [2.24, 2.45) is 5.92 Å². The summed E-state index contributed by atoms with van der Waals surface area (Å²) in [5, 5.41) is -0.827. The van der Waals surface area contributed by atoms with Crippen molar-refractivity contribution in [1.29, 1.82) is 0 Å². The number of esters is 1. The number of amides is 1. The Labute approximate surface area is 126 Å². The topological polar surface area (TPSA) is 92.8 Å². The van der Waals surface area contributed by atoms with Crippen LogP contribution in [0.1, 0.15) is 33.1 Å². The van der Waals surface area contributed by atoms with E-state index in [0.29, 0.717) is 25.8 Å². The Morgan fingerprint density at radius 1 is 1.38 bits per heavy atom. The molecule has 0 bridgehead atoms. The summed E-state index contributed by atoms with van der Waals surface area (Å²) < 4.78 is 31.9. The van der Waals surface area contributed by atoms with Crippen molar-refractivity contribution >= 4 is 21.9 Å². The Morgan fingerprint density at radius 3 is 2.52 bits per heavy atom. The Balaban J connectivity index is 2.81. The van der Waals surface area contributed by atoms with Gasteiger partial charge in [0.05, 0.1) is 24.3 Å². The minimum Gasteiger partial charge on any atom is -0.469 e. The second-order valence-electron chi connectivity index (χ2n) is 5.34. The van der Waals surface area contributed by atoms with Gasteiger partial charge in [-0.1, -0.05) is 6.42 Å². The molecule has 0 aliphatic heterocycles. The monoisotopic (exact) mass is 320 g/mol. The van der Waals surface area contributed by atoms with Crippen molar-refractivity contribution in [3.8, 4) is 0 Å². The van der Waals surface area contributed by atoms with Gasteiger partial charge in [-0.05, 0) is 26.7 Å². The summed E-state index contributed by atoms with van der Waals surface area (Å²) in [7, 11) is -0.887. The van der Waals surface area contributed by atoms with Crippen molar-refractivity contribution < 1.29 is 22.7 Å². The third-order valence-electron chi connectivity index (χ3n) is 3.92. The molecule has 1 rings (SSSR count). The SMILES string of the molecule is CCN(C)C(=O)C(C)NS(=O)(=O)C1CCCC1C(=O)OC. The molecule has 1 aliphatic rings. The number of nitrogens with one attached hydrogen (secondary N) is 1. The molecule has 1 fully saturated rings. The van der Waals surface area contributed by atoms with Crippen molar-refractivity contribution in [1.82, 2.24) is 9.62 Å². The number of ether oxygens (including phenoxy) is 1. The van der Waals surface area contributed by atoms with Crippen LogP contribution >= 0.6 is 0 Å². The fourth-order valence-corrected chi connectivity index (χ4v) is 4.51. The van der Waals surface area contributed by atoms with E-state index in [2.05, 4.69) is 9.46 Å². The minimum atomic E-state index is -3.75. The maximum Gasteiger partial charge on any atom is 0.310 e. The molecule has 7 nitrogen and oxygen atoms in total. The molecule has 3 unspecified atom stereocenters. The lowest BCUT2D eigenvalue weighted by Crippen LogP contribution is -2.49. The molecule has 0 heterocycles. The Bertz CT molecular complexity index is 491. The number of carbonyl (C=O) groups excluding carboxylic acids is 2. The van der Waals surface area contributed by atoms with Crippen LogP contribution in [0.25, 0.3) is 0 Å². The highest BCUT2D eigenvalue weighted by Crippen LogP contribution is 2.31. The standard InChI is InChI=1S/C13H24N2O5S/c1-5-15(3)12(16)9(2)14-21(18,19)11-8-6-7-10(11)13(17)20-4/h9-11,14H,5-8H2,1-4H3. The van der Waals surface area contributed by atoms with E-state index in [1.165, 1.54) is 18.9 Å². The number of nitrogens with zero attached hydrogens (tertiary/aromatic N) is 1. The van der Waals surface area contributed by atoms with Gasteiger partial charge in [0.2, 0.25) is 15.9 Å². The van der Waals surface area contributed by atoms with Crippen molar-refractivity contribution in [2.75, 3.05) is 20.7 Å². The van der Waals surface area contributed by atoms with Gasteiger partial charge in [0.1, 0.15) is 0 Å². The Morgan fingerprint density at radius 2 is 2.00 bits per heavy atom. The van der Waals surface area contributed by atoms with E-state index in [4.69, 9.17) is 0 Å². The molecule has 0 spiro atoms. The fraction of sp³-hybridized carbons (Fsp3) is 0.846. The highest BCUT2D eigenvalue weighted by Gasteiger charge is 2.43. The molecule has 1 N–H and O–H groups in total. The van der Waals surface area contributed by atoms with Gasteiger partial charge in [-0.3, -0.25) is 9.59 Å². The summed E-state index contributed by atoms with van der Waals surface area (Å²) in [5.41, 5.74) is 0. The van der Waals surface area contributed by atoms with E-state index in [-0.39, 0.29) is 5.91 Å². The summed E-state index contributed by atoms with van der Waals surface area (Å²) in [5.74, 6) is -1.46. The van der Waals surface area contributed by atoms with Crippen LogP contribution in [0, 0.1) is 5.92 Å². The molecular formula is C13H24N2O5S. The second-order valence-corrected chi connectivity index (χ2v) is 7.27. The van der Waals surface area contributed by atoms with Crippen molar-refractivity contribution in [3.05, 3.63) is 0 Å². The van der Waals surface area contributed by atoms with E-state index < -0.39 is 33.2 Å². The minimum absolute atomic E-state index is 0.298. The quantitative estimate of drug-likeness (QED) is 0.701. The lowest BCUT2D eigenvalue weighted by molar-refractivity contribution is -0.145. The predicted octanol–water partition coefficient (Wildman–Crippen LogP) is 0.114. The normalized spacial score (nSPS) is 23.6. The van der Waals surface area contributed by atoms with Gasteiger partial charge in [-0.25, -0.2) is 13.1 Å². The van der Waals surface area contributed by atoms with Crippen LogP contribution in [0.15, 0.2) is 0 Å². The van der Waals surface area contributed by atoms with Crippen molar-refractivity contribution in [2.45, 2.75) is 44.4 Å². The zero-order valence-electron chi connectivity index (χ0n) is 13.0. The van der Waals surface area contributed by atoms with E-state index in [0.717, 1.165) is 0 Å². The van der Waals surface area contributed by atoms with E-state index in [1.54, 1.807) is 7.05 Å². The molecule has 21 heavy (non-hydrogen) atoms. The molecule has 1 aliphatic carbocycles. The van der Waals surface area contributed by atoms with Crippen molar-refractivity contribution in [3.63, 3.8) is 0 Å². The fourth-order valence-electron chi connectivity index (χ4n) is 2.59. The van der Waals surface area contributed by atoms with E-state index in [1.807, 2.05) is 6.92 Å². The number of methoxy groups -OCH3 is 1. The highest BCUT2D eigenvalue weighted by atomic mass is 32.2. The van der Waals surface area contributed by atoms with Crippen LogP contribution in [0.4, 0.5) is 0 Å². The van der Waals surface area contributed by atoms with Gasteiger partial charge in [0.25, 0.3) is 0 Å². The number of sulfonamides is 1. The van der Waals surface area contributed by atoms with Crippen LogP contribution in [0.5, 0.6) is 0 Å². The average molecular weight is 320 g/mol. The maximum absolute atomic E-state index is 12.4. The number of hydrogen-bond donors (Lipinski definition) is 1. The molecule has 0 aromatic carbocycles. The van der Waals surface area contributed by atoms with Gasteiger partial charge in [-0.2, -0.15) is 0 Å². The number of carbonyl (C=O) groups is 2. The lowest BCUT2D eigenvalue weighted by atomic mass is 10.1. The first kappa shape index (κ1) is 17.9. The molecule has 1 saturated carbocycles. The molecule has 0 saturated heterocycles. The summed E-state index contributed by atoms with van der Waals surface area (Å²) in [4.78, 5) is 25.0. The average Bonchev–Trinajstić information content (AvgIpc) is 2.94. The van der Waals surface area contributed by atoms with Crippen LogP contribution in [-0.4, -0.2) is 57.2 Å². The summed E-state index contributed by atoms with van der Waals surface area (Å²) in [6.45, 7) is 3.82.